The second kappa shape index (κ2) is 7.48. The van der Waals surface area contributed by atoms with Crippen molar-refractivity contribution >= 4 is 34.2 Å². The predicted octanol–water partition coefficient (Wildman–Crippen LogP) is 3.49. The van der Waals surface area contributed by atoms with Crippen molar-refractivity contribution in [3.63, 3.8) is 0 Å². The number of nitrogens with one attached hydrogen (secondary N) is 2. The van der Waals surface area contributed by atoms with Crippen molar-refractivity contribution in [1.82, 2.24) is 20.5 Å². The lowest BCUT2D eigenvalue weighted by atomic mass is 10.0. The highest BCUT2D eigenvalue weighted by Crippen LogP contribution is 2.23. The Kier molecular flexibility index (Phi) is 5.28. The first kappa shape index (κ1) is 19.0. The van der Waals surface area contributed by atoms with Crippen molar-refractivity contribution in [2.45, 2.75) is 39.2 Å². The van der Waals surface area contributed by atoms with Crippen molar-refractivity contribution in [2.75, 3.05) is 0 Å². The maximum Gasteiger partial charge on any atom is 0.270 e. The number of ketones is 1. The number of hydrogen-bond donors (Lipinski definition) is 2. The van der Waals surface area contributed by atoms with Gasteiger partial charge in [0.25, 0.3) is 5.91 Å². The highest BCUT2D eigenvalue weighted by atomic mass is 35.5. The van der Waals surface area contributed by atoms with Gasteiger partial charge in [-0.25, -0.2) is 0 Å². The molecule has 0 aliphatic rings. The van der Waals surface area contributed by atoms with Gasteiger partial charge in [-0.1, -0.05) is 11.6 Å². The van der Waals surface area contributed by atoms with Crippen LogP contribution in [-0.4, -0.2) is 32.4 Å². The summed E-state index contributed by atoms with van der Waals surface area (Å²) >= 11 is 6.28. The minimum Gasteiger partial charge on any atom is -0.346 e. The molecule has 0 saturated carbocycles. The quantitative estimate of drug-likeness (QED) is 0.704. The number of carbonyl (C=O) groups is 2. The maximum absolute atomic E-state index is 12.5. The maximum atomic E-state index is 12.5. The Labute approximate surface area is 162 Å². The van der Waals surface area contributed by atoms with Crippen LogP contribution < -0.4 is 5.32 Å². The van der Waals surface area contributed by atoms with Gasteiger partial charge in [0.2, 0.25) is 0 Å². The number of benzene rings is 1. The number of nitrogens with zero attached hydrogens (tertiary/aromatic N) is 2. The first-order valence-electron chi connectivity index (χ1n) is 8.62. The first-order chi connectivity index (χ1) is 12.7. The summed E-state index contributed by atoms with van der Waals surface area (Å²) in [6.45, 7) is 5.70. The Bertz CT molecular complexity index is 1000. The predicted molar refractivity (Wildman–Crippen MR) is 105 cm³/mol. The molecule has 0 unspecified atom stereocenters. The van der Waals surface area contributed by atoms with Gasteiger partial charge in [0, 0.05) is 35.0 Å². The van der Waals surface area contributed by atoms with Gasteiger partial charge in [0.1, 0.15) is 11.5 Å². The number of rotatable bonds is 5. The normalized spacial score (nSPS) is 11.6. The molecule has 6 nitrogen and oxygen atoms in total. The molecule has 0 bridgehead atoms. The molecule has 0 fully saturated rings. The topological polar surface area (TPSA) is 87.7 Å². The first-order valence-corrected chi connectivity index (χ1v) is 9.00. The van der Waals surface area contributed by atoms with Crippen LogP contribution in [0.5, 0.6) is 0 Å². The van der Waals surface area contributed by atoms with E-state index in [1.54, 1.807) is 30.6 Å². The van der Waals surface area contributed by atoms with Gasteiger partial charge in [0.15, 0.2) is 0 Å². The summed E-state index contributed by atoms with van der Waals surface area (Å²) in [5.41, 5.74) is 2.28. The molecule has 2 aromatic heterocycles. The fourth-order valence-electron chi connectivity index (χ4n) is 2.76. The molecule has 0 aliphatic carbocycles. The van der Waals surface area contributed by atoms with Crippen LogP contribution in [0.2, 0.25) is 5.02 Å². The van der Waals surface area contributed by atoms with Crippen LogP contribution in [0.1, 0.15) is 42.4 Å². The molecule has 3 aromatic rings. The summed E-state index contributed by atoms with van der Waals surface area (Å²) in [4.78, 5) is 28.9. The number of H-pyrrole nitrogens is 1. The minimum atomic E-state index is -0.355. The van der Waals surface area contributed by atoms with E-state index in [2.05, 4.69) is 20.5 Å². The molecule has 0 radical (unpaired) electrons. The van der Waals surface area contributed by atoms with Crippen LogP contribution in [-0.2, 0) is 17.6 Å². The molecule has 1 amide bonds. The average molecular weight is 385 g/mol. The molecule has 1 aromatic carbocycles. The summed E-state index contributed by atoms with van der Waals surface area (Å²) < 4.78 is 0. The molecule has 2 N–H and O–H groups in total. The molecule has 140 valence electrons. The number of Topliss-reactive ketones (excluding diaryl/α,β-unsaturated/α-hetero) is 1. The minimum absolute atomic E-state index is 0.00384. The Morgan fingerprint density at radius 3 is 2.70 bits per heavy atom. The van der Waals surface area contributed by atoms with E-state index in [-0.39, 0.29) is 30.1 Å². The Morgan fingerprint density at radius 1 is 1.19 bits per heavy atom. The van der Waals surface area contributed by atoms with Gasteiger partial charge in [-0.05, 0) is 56.2 Å². The van der Waals surface area contributed by atoms with Gasteiger partial charge in [-0.15, -0.1) is 0 Å². The molecule has 0 saturated heterocycles. The number of halogens is 1. The zero-order valence-corrected chi connectivity index (χ0v) is 16.2. The number of aromatic nitrogens is 3. The van der Waals surface area contributed by atoms with Crippen LogP contribution >= 0.6 is 11.6 Å². The summed E-state index contributed by atoms with van der Waals surface area (Å²) in [6.07, 6.45) is 3.65. The lowest BCUT2D eigenvalue weighted by Crippen LogP contribution is -2.40. The standard InChI is InChI=1S/C20H21ClN4O2/c1-20(2,3)24-19(27)18-7-12(4-5-22-18)6-15(26)8-13-10-17-14(9-16(13)21)11-23-25-17/h4-5,7,9-11H,6,8H2,1-3H3,(H,23,25)(H,24,27). The molecule has 0 atom stereocenters. The summed E-state index contributed by atoms with van der Waals surface area (Å²) in [7, 11) is 0. The smallest absolute Gasteiger partial charge is 0.270 e. The molecule has 0 spiro atoms. The lowest BCUT2D eigenvalue weighted by molar-refractivity contribution is -0.117. The van der Waals surface area contributed by atoms with Gasteiger partial charge < -0.3 is 5.32 Å². The van der Waals surface area contributed by atoms with E-state index in [0.29, 0.717) is 10.7 Å². The number of fused-ring (bicyclic) bond motifs is 1. The van der Waals surface area contributed by atoms with E-state index in [1.165, 1.54) is 0 Å². The van der Waals surface area contributed by atoms with E-state index in [0.717, 1.165) is 22.0 Å². The van der Waals surface area contributed by atoms with Crippen LogP contribution in [0.4, 0.5) is 0 Å². The van der Waals surface area contributed by atoms with Gasteiger partial charge in [0.05, 0.1) is 11.7 Å². The fourth-order valence-corrected chi connectivity index (χ4v) is 3.00. The zero-order valence-electron chi connectivity index (χ0n) is 15.5. The van der Waals surface area contributed by atoms with Crippen molar-refractivity contribution in [3.8, 4) is 0 Å². The highest BCUT2D eigenvalue weighted by molar-refractivity contribution is 6.32. The largest absolute Gasteiger partial charge is 0.346 e. The van der Waals surface area contributed by atoms with Gasteiger partial charge in [-0.3, -0.25) is 19.7 Å². The van der Waals surface area contributed by atoms with Crippen LogP contribution in [0.25, 0.3) is 10.9 Å². The average Bonchev–Trinajstić information content (AvgIpc) is 3.01. The van der Waals surface area contributed by atoms with E-state index >= 15 is 0 Å². The van der Waals surface area contributed by atoms with Crippen molar-refractivity contribution < 1.29 is 9.59 Å². The molecule has 7 heteroatoms. The summed E-state index contributed by atoms with van der Waals surface area (Å²) in [5, 5.41) is 11.2. The van der Waals surface area contributed by atoms with E-state index in [4.69, 9.17) is 11.6 Å². The lowest BCUT2D eigenvalue weighted by Gasteiger charge is -2.20. The molecule has 3 rings (SSSR count). The van der Waals surface area contributed by atoms with E-state index in [9.17, 15) is 9.59 Å². The Morgan fingerprint density at radius 2 is 1.96 bits per heavy atom. The number of amides is 1. The monoisotopic (exact) mass is 384 g/mol. The number of hydrogen-bond acceptors (Lipinski definition) is 4. The Balaban J connectivity index is 1.71. The summed E-state index contributed by atoms with van der Waals surface area (Å²) in [5.74, 6) is -0.256. The molecule has 0 aliphatic heterocycles. The number of aromatic amines is 1. The third-order valence-electron chi connectivity index (χ3n) is 3.94. The van der Waals surface area contributed by atoms with Crippen LogP contribution in [0.3, 0.4) is 0 Å². The van der Waals surface area contributed by atoms with E-state index < -0.39 is 0 Å². The second-order valence-corrected chi connectivity index (χ2v) is 7.95. The number of carbonyl (C=O) groups excluding carboxylic acids is 2. The van der Waals surface area contributed by atoms with Gasteiger partial charge in [-0.2, -0.15) is 5.10 Å². The summed E-state index contributed by atoms with van der Waals surface area (Å²) in [6, 6.07) is 7.03. The third kappa shape index (κ3) is 4.92. The highest BCUT2D eigenvalue weighted by Gasteiger charge is 2.17. The third-order valence-corrected chi connectivity index (χ3v) is 4.29. The molecule has 27 heavy (non-hydrogen) atoms. The van der Waals surface area contributed by atoms with Crippen molar-refractivity contribution in [3.05, 3.63) is 58.5 Å². The second-order valence-electron chi connectivity index (χ2n) is 7.55. The van der Waals surface area contributed by atoms with Crippen LogP contribution in [0, 0.1) is 0 Å². The Hall–Kier alpha value is -2.73. The van der Waals surface area contributed by atoms with Crippen molar-refractivity contribution in [1.29, 1.82) is 0 Å². The van der Waals surface area contributed by atoms with Gasteiger partial charge >= 0.3 is 0 Å². The van der Waals surface area contributed by atoms with Crippen LogP contribution in [0.15, 0.2) is 36.7 Å². The molecular weight excluding hydrogens is 364 g/mol. The molecular formula is C20H21ClN4O2. The zero-order chi connectivity index (χ0) is 19.6. The SMILES string of the molecule is CC(C)(C)NC(=O)c1cc(CC(=O)Cc2cc3[nH]ncc3cc2Cl)ccn1. The van der Waals surface area contributed by atoms with E-state index in [1.807, 2.05) is 26.8 Å². The fraction of sp³-hybridized carbons (Fsp3) is 0.300. The molecule has 2 heterocycles. The van der Waals surface area contributed by atoms with Crippen molar-refractivity contribution in [2.24, 2.45) is 0 Å². The number of pyridine rings is 1.